The molecule has 0 aliphatic carbocycles. The van der Waals surface area contributed by atoms with Crippen molar-refractivity contribution in [3.8, 4) is 0 Å². The average Bonchev–Trinajstić information content (AvgIpc) is 2.49. The van der Waals surface area contributed by atoms with Gasteiger partial charge in [0.15, 0.2) is 0 Å². The Morgan fingerprint density at radius 2 is 2.30 bits per heavy atom. The van der Waals surface area contributed by atoms with E-state index >= 15 is 0 Å². The maximum atomic E-state index is 12.7. The van der Waals surface area contributed by atoms with Crippen molar-refractivity contribution in [3.05, 3.63) is 24.5 Å². The minimum absolute atomic E-state index is 0.0871. The normalized spacial score (nSPS) is 20.9. The predicted octanol–water partition coefficient (Wildman–Crippen LogP) is 2.05. The Bertz CT molecular complexity index is 504. The fourth-order valence-electron chi connectivity index (χ4n) is 2.68. The third kappa shape index (κ3) is 3.56. The molecule has 0 unspecified atom stereocenters. The molecular weight excluding hydrogens is 276 g/mol. The lowest BCUT2D eigenvalue weighted by atomic mass is 10.0. The molecule has 0 amide bonds. The van der Waals surface area contributed by atoms with Gasteiger partial charge in [0.25, 0.3) is 0 Å². The molecule has 112 valence electrons. The largest absolute Gasteiger partial charge is 0.385 e. The number of sulfonamides is 1. The molecule has 1 aromatic rings. The highest BCUT2D eigenvalue weighted by Crippen LogP contribution is 2.27. The van der Waals surface area contributed by atoms with Crippen LogP contribution in [0.25, 0.3) is 0 Å². The zero-order valence-electron chi connectivity index (χ0n) is 11.9. The second-order valence-electron chi connectivity index (χ2n) is 5.09. The van der Waals surface area contributed by atoms with Gasteiger partial charge in [-0.2, -0.15) is 4.31 Å². The summed E-state index contributed by atoms with van der Waals surface area (Å²) in [7, 11) is -1.75. The molecule has 1 saturated heterocycles. The molecule has 1 fully saturated rings. The second kappa shape index (κ2) is 7.15. The lowest BCUT2D eigenvalue weighted by Crippen LogP contribution is -2.43. The summed E-state index contributed by atoms with van der Waals surface area (Å²) in [5.74, 6) is 0. The highest BCUT2D eigenvalue weighted by molar-refractivity contribution is 7.89. The van der Waals surface area contributed by atoms with Gasteiger partial charge >= 0.3 is 0 Å². The van der Waals surface area contributed by atoms with E-state index in [0.717, 1.165) is 32.1 Å². The van der Waals surface area contributed by atoms with Crippen LogP contribution >= 0.6 is 0 Å². The predicted molar refractivity (Wildman–Crippen MR) is 76.9 cm³/mol. The maximum Gasteiger partial charge on any atom is 0.244 e. The quantitative estimate of drug-likeness (QED) is 0.754. The standard InChI is InChI=1S/C14H22N2O3S/c1-19-11-5-7-13-6-2-3-10-16(13)20(17,18)14-8-4-9-15-12-14/h4,8-9,12-13H,2-3,5-7,10-11H2,1H3/t13-/m1/s1. The van der Waals surface area contributed by atoms with Crippen LogP contribution in [0.4, 0.5) is 0 Å². The number of methoxy groups -OCH3 is 1. The Morgan fingerprint density at radius 1 is 1.45 bits per heavy atom. The van der Waals surface area contributed by atoms with Crippen LogP contribution in [0.15, 0.2) is 29.4 Å². The van der Waals surface area contributed by atoms with Gasteiger partial charge in [0.1, 0.15) is 4.90 Å². The van der Waals surface area contributed by atoms with Crippen molar-refractivity contribution >= 4 is 10.0 Å². The number of hydrogen-bond donors (Lipinski definition) is 0. The van der Waals surface area contributed by atoms with Crippen molar-refractivity contribution in [3.63, 3.8) is 0 Å². The van der Waals surface area contributed by atoms with E-state index in [4.69, 9.17) is 4.74 Å². The van der Waals surface area contributed by atoms with Crippen LogP contribution in [-0.4, -0.2) is 44.0 Å². The number of piperidine rings is 1. The second-order valence-corrected chi connectivity index (χ2v) is 6.98. The molecule has 1 aliphatic rings. The van der Waals surface area contributed by atoms with Crippen LogP contribution in [0.2, 0.25) is 0 Å². The molecule has 1 aromatic heterocycles. The van der Waals surface area contributed by atoms with Crippen molar-refractivity contribution in [2.24, 2.45) is 0 Å². The molecule has 0 aromatic carbocycles. The Kier molecular flexibility index (Phi) is 5.51. The SMILES string of the molecule is COCCC[C@H]1CCCCN1S(=O)(=O)c1cccnc1. The minimum atomic E-state index is -3.42. The number of aromatic nitrogens is 1. The van der Waals surface area contributed by atoms with E-state index in [1.807, 2.05) is 0 Å². The summed E-state index contributed by atoms with van der Waals surface area (Å²) in [6, 6.07) is 3.36. The van der Waals surface area contributed by atoms with Crippen molar-refractivity contribution in [2.45, 2.75) is 43.0 Å². The Labute approximate surface area is 121 Å². The highest BCUT2D eigenvalue weighted by atomic mass is 32.2. The third-order valence-electron chi connectivity index (χ3n) is 3.70. The van der Waals surface area contributed by atoms with Crippen molar-refractivity contribution in [1.29, 1.82) is 0 Å². The number of pyridine rings is 1. The van der Waals surface area contributed by atoms with Gasteiger partial charge in [-0.05, 0) is 37.8 Å². The molecule has 0 N–H and O–H groups in total. The summed E-state index contributed by atoms with van der Waals surface area (Å²) in [5.41, 5.74) is 0. The average molecular weight is 298 g/mol. The first-order valence-electron chi connectivity index (χ1n) is 7.07. The molecule has 2 heterocycles. The van der Waals surface area contributed by atoms with Gasteiger partial charge in [-0.25, -0.2) is 8.42 Å². The highest BCUT2D eigenvalue weighted by Gasteiger charge is 2.33. The van der Waals surface area contributed by atoms with E-state index in [1.165, 1.54) is 6.20 Å². The van der Waals surface area contributed by atoms with Crippen LogP contribution < -0.4 is 0 Å². The van der Waals surface area contributed by atoms with Gasteiger partial charge in [0.05, 0.1) is 0 Å². The number of nitrogens with zero attached hydrogens (tertiary/aromatic N) is 2. The Morgan fingerprint density at radius 3 is 3.00 bits per heavy atom. The van der Waals surface area contributed by atoms with E-state index in [2.05, 4.69) is 4.98 Å². The van der Waals surface area contributed by atoms with Gasteiger partial charge in [-0.1, -0.05) is 6.42 Å². The minimum Gasteiger partial charge on any atom is -0.385 e. The van der Waals surface area contributed by atoms with Gasteiger partial charge in [0.2, 0.25) is 10.0 Å². The van der Waals surface area contributed by atoms with E-state index in [0.29, 0.717) is 18.0 Å². The number of ether oxygens (including phenoxy) is 1. The molecule has 20 heavy (non-hydrogen) atoms. The third-order valence-corrected chi connectivity index (χ3v) is 5.64. The number of rotatable bonds is 6. The van der Waals surface area contributed by atoms with Crippen molar-refractivity contribution < 1.29 is 13.2 Å². The first-order chi connectivity index (χ1) is 9.66. The van der Waals surface area contributed by atoms with Crippen LogP contribution in [0, 0.1) is 0 Å². The Hall–Kier alpha value is -0.980. The smallest absolute Gasteiger partial charge is 0.244 e. The first-order valence-corrected chi connectivity index (χ1v) is 8.51. The van der Waals surface area contributed by atoms with Gasteiger partial charge < -0.3 is 4.74 Å². The molecule has 0 bridgehead atoms. The number of hydrogen-bond acceptors (Lipinski definition) is 4. The summed E-state index contributed by atoms with van der Waals surface area (Å²) in [5, 5.41) is 0. The summed E-state index contributed by atoms with van der Waals surface area (Å²) in [6.07, 6.45) is 7.72. The first kappa shape index (κ1) is 15.4. The van der Waals surface area contributed by atoms with Gasteiger partial charge in [0, 0.05) is 38.7 Å². The summed E-state index contributed by atoms with van der Waals surface area (Å²) in [6.45, 7) is 1.28. The molecule has 1 atom stereocenters. The Balaban J connectivity index is 2.14. The lowest BCUT2D eigenvalue weighted by Gasteiger charge is -2.34. The van der Waals surface area contributed by atoms with Crippen LogP contribution in [0.5, 0.6) is 0 Å². The van der Waals surface area contributed by atoms with E-state index < -0.39 is 10.0 Å². The van der Waals surface area contributed by atoms with Crippen LogP contribution in [0.1, 0.15) is 32.1 Å². The van der Waals surface area contributed by atoms with Crippen molar-refractivity contribution in [2.75, 3.05) is 20.3 Å². The fraction of sp³-hybridized carbons (Fsp3) is 0.643. The molecule has 5 nitrogen and oxygen atoms in total. The van der Waals surface area contributed by atoms with Crippen LogP contribution in [-0.2, 0) is 14.8 Å². The summed E-state index contributed by atoms with van der Waals surface area (Å²) in [4.78, 5) is 4.21. The molecule has 6 heteroatoms. The molecular formula is C14H22N2O3S. The van der Waals surface area contributed by atoms with Gasteiger partial charge in [-0.3, -0.25) is 4.98 Å². The molecule has 2 rings (SSSR count). The maximum absolute atomic E-state index is 12.7. The molecule has 0 saturated carbocycles. The zero-order valence-corrected chi connectivity index (χ0v) is 12.7. The summed E-state index contributed by atoms with van der Waals surface area (Å²) < 4.78 is 32.1. The molecule has 0 radical (unpaired) electrons. The van der Waals surface area contributed by atoms with Crippen molar-refractivity contribution in [1.82, 2.24) is 9.29 Å². The molecule has 1 aliphatic heterocycles. The fourth-order valence-corrected chi connectivity index (χ4v) is 4.37. The zero-order chi connectivity index (χ0) is 14.4. The van der Waals surface area contributed by atoms with Gasteiger partial charge in [-0.15, -0.1) is 0 Å². The molecule has 0 spiro atoms. The monoisotopic (exact) mass is 298 g/mol. The van der Waals surface area contributed by atoms with Crippen LogP contribution in [0.3, 0.4) is 0 Å². The lowest BCUT2D eigenvalue weighted by molar-refractivity contribution is 0.172. The van der Waals surface area contributed by atoms with E-state index in [9.17, 15) is 8.42 Å². The van der Waals surface area contributed by atoms with E-state index in [1.54, 1.807) is 29.7 Å². The topological polar surface area (TPSA) is 59.5 Å². The van der Waals surface area contributed by atoms with E-state index in [-0.39, 0.29) is 6.04 Å². The summed E-state index contributed by atoms with van der Waals surface area (Å²) >= 11 is 0.